The number of allylic oxidation sites excluding steroid dienone is 2. The maximum absolute atomic E-state index is 2.41. The molecule has 0 N–H and O–H groups in total. The van der Waals surface area contributed by atoms with Gasteiger partial charge in [-0.2, -0.15) is 0 Å². The number of fused-ring (bicyclic) bond motifs is 1. The molecule has 0 fully saturated rings. The van der Waals surface area contributed by atoms with Gasteiger partial charge >= 0.3 is 0 Å². The normalized spacial score (nSPS) is 20.3. The van der Waals surface area contributed by atoms with E-state index in [0.717, 1.165) is 0 Å². The predicted molar refractivity (Wildman–Crippen MR) is 59.0 cm³/mol. The molecular formula is C14H15. The van der Waals surface area contributed by atoms with E-state index in [4.69, 9.17) is 0 Å². The highest BCUT2D eigenvalue weighted by Crippen LogP contribution is 2.35. The van der Waals surface area contributed by atoms with E-state index in [-0.39, 0.29) is 0 Å². The lowest BCUT2D eigenvalue weighted by Gasteiger charge is -2.26. The van der Waals surface area contributed by atoms with Crippen LogP contribution in [0.15, 0.2) is 35.4 Å². The van der Waals surface area contributed by atoms with E-state index < -0.39 is 0 Å². The highest BCUT2D eigenvalue weighted by Gasteiger charge is 2.19. The molecule has 0 saturated carbocycles. The lowest BCUT2D eigenvalue weighted by molar-refractivity contribution is 0.658. The molecular weight excluding hydrogens is 168 g/mol. The first-order chi connectivity index (χ1) is 6.93. The Morgan fingerprint density at radius 2 is 1.79 bits per heavy atom. The van der Waals surface area contributed by atoms with E-state index in [2.05, 4.69) is 30.7 Å². The van der Waals surface area contributed by atoms with Crippen molar-refractivity contribution in [2.24, 2.45) is 0 Å². The molecule has 2 aliphatic rings. The minimum absolute atomic E-state index is 1.21. The average Bonchev–Trinajstić information content (AvgIpc) is 2.26. The minimum Gasteiger partial charge on any atom is -0.0660 e. The Bertz CT molecular complexity index is 348. The van der Waals surface area contributed by atoms with Crippen LogP contribution in [0.3, 0.4) is 0 Å². The van der Waals surface area contributed by atoms with Crippen LogP contribution in [-0.4, -0.2) is 0 Å². The van der Waals surface area contributed by atoms with Crippen LogP contribution < -0.4 is 0 Å². The van der Waals surface area contributed by atoms with Crippen LogP contribution >= 0.6 is 0 Å². The second-order valence-electron chi connectivity index (χ2n) is 4.36. The Morgan fingerprint density at radius 1 is 0.929 bits per heavy atom. The average molecular weight is 183 g/mol. The lowest BCUT2D eigenvalue weighted by atomic mass is 9.79. The smallest absolute Gasteiger partial charge is 0.0160 e. The summed E-state index contributed by atoms with van der Waals surface area (Å²) in [6.07, 6.45) is 9.05. The second kappa shape index (κ2) is 3.27. The Morgan fingerprint density at radius 3 is 2.79 bits per heavy atom. The zero-order valence-corrected chi connectivity index (χ0v) is 8.42. The molecule has 0 amide bonds. The van der Waals surface area contributed by atoms with Gasteiger partial charge in [-0.1, -0.05) is 35.4 Å². The van der Waals surface area contributed by atoms with Gasteiger partial charge in [0.25, 0.3) is 0 Å². The predicted octanol–water partition coefficient (Wildman–Crippen LogP) is 3.67. The van der Waals surface area contributed by atoms with Gasteiger partial charge in [0.2, 0.25) is 0 Å². The largest absolute Gasteiger partial charge is 0.0660 e. The fourth-order valence-electron chi connectivity index (χ4n) is 2.62. The monoisotopic (exact) mass is 183 g/mol. The summed E-state index contributed by atoms with van der Waals surface area (Å²) in [5.74, 6) is 0. The van der Waals surface area contributed by atoms with Gasteiger partial charge in [-0.25, -0.2) is 0 Å². The molecule has 0 aromatic heterocycles. The van der Waals surface area contributed by atoms with E-state index >= 15 is 0 Å². The van der Waals surface area contributed by atoms with Crippen molar-refractivity contribution in [1.82, 2.24) is 0 Å². The number of benzene rings is 1. The molecule has 2 aliphatic carbocycles. The molecule has 0 aliphatic heterocycles. The molecule has 0 unspecified atom stereocenters. The van der Waals surface area contributed by atoms with Gasteiger partial charge in [0.05, 0.1) is 0 Å². The van der Waals surface area contributed by atoms with Gasteiger partial charge in [0.1, 0.15) is 0 Å². The van der Waals surface area contributed by atoms with Crippen LogP contribution in [0.4, 0.5) is 0 Å². The Labute approximate surface area is 85.6 Å². The first-order valence-corrected chi connectivity index (χ1v) is 5.57. The molecule has 0 bridgehead atoms. The fourth-order valence-corrected chi connectivity index (χ4v) is 2.62. The Balaban J connectivity index is 1.99. The van der Waals surface area contributed by atoms with E-state index in [9.17, 15) is 0 Å². The molecule has 1 radical (unpaired) electrons. The van der Waals surface area contributed by atoms with E-state index in [0.29, 0.717) is 0 Å². The van der Waals surface area contributed by atoms with Gasteiger partial charge in [-0.15, -0.1) is 0 Å². The Hall–Kier alpha value is -1.04. The summed E-state index contributed by atoms with van der Waals surface area (Å²) >= 11 is 0. The Kier molecular flexibility index (Phi) is 1.93. The van der Waals surface area contributed by atoms with Crippen LogP contribution in [0.5, 0.6) is 0 Å². The van der Waals surface area contributed by atoms with Crippen LogP contribution in [0, 0.1) is 6.42 Å². The second-order valence-corrected chi connectivity index (χ2v) is 4.36. The topological polar surface area (TPSA) is 0 Å². The van der Waals surface area contributed by atoms with Crippen molar-refractivity contribution >= 4 is 0 Å². The van der Waals surface area contributed by atoms with Crippen molar-refractivity contribution < 1.29 is 0 Å². The van der Waals surface area contributed by atoms with Crippen molar-refractivity contribution in [3.8, 4) is 0 Å². The SMILES string of the molecule is [CH]1C2=C(CCCC2)Cc2ccccc21. The molecule has 0 heteroatoms. The fraction of sp³-hybridized carbons (Fsp3) is 0.357. The first-order valence-electron chi connectivity index (χ1n) is 5.57. The molecule has 14 heavy (non-hydrogen) atoms. The van der Waals surface area contributed by atoms with Crippen LogP contribution in [0.1, 0.15) is 36.8 Å². The third kappa shape index (κ3) is 1.30. The molecule has 0 heterocycles. The van der Waals surface area contributed by atoms with E-state index in [1.54, 1.807) is 11.1 Å². The molecule has 0 spiro atoms. The lowest BCUT2D eigenvalue weighted by Crippen LogP contribution is -2.10. The number of hydrogen-bond acceptors (Lipinski definition) is 0. The van der Waals surface area contributed by atoms with Crippen LogP contribution in [0.25, 0.3) is 0 Å². The van der Waals surface area contributed by atoms with Crippen LogP contribution in [0.2, 0.25) is 0 Å². The third-order valence-corrected chi connectivity index (χ3v) is 3.42. The van der Waals surface area contributed by atoms with Crippen molar-refractivity contribution in [2.45, 2.75) is 32.1 Å². The number of hydrogen-bond donors (Lipinski definition) is 0. The summed E-state index contributed by atoms with van der Waals surface area (Å²) in [4.78, 5) is 0. The molecule has 0 nitrogen and oxygen atoms in total. The summed E-state index contributed by atoms with van der Waals surface area (Å²) < 4.78 is 0. The summed E-state index contributed by atoms with van der Waals surface area (Å²) in [6, 6.07) is 8.81. The van der Waals surface area contributed by atoms with Gasteiger partial charge in [-0.05, 0) is 43.2 Å². The van der Waals surface area contributed by atoms with Crippen molar-refractivity contribution in [2.75, 3.05) is 0 Å². The summed E-state index contributed by atoms with van der Waals surface area (Å²) in [7, 11) is 0. The molecule has 0 saturated heterocycles. The molecule has 1 aromatic carbocycles. The maximum atomic E-state index is 2.41. The third-order valence-electron chi connectivity index (χ3n) is 3.42. The number of rotatable bonds is 0. The van der Waals surface area contributed by atoms with Crippen molar-refractivity contribution in [3.05, 3.63) is 53.0 Å². The van der Waals surface area contributed by atoms with Gasteiger partial charge in [-0.3, -0.25) is 0 Å². The van der Waals surface area contributed by atoms with Crippen molar-refractivity contribution in [3.63, 3.8) is 0 Å². The maximum Gasteiger partial charge on any atom is 0.0160 e. The quantitative estimate of drug-likeness (QED) is 0.575. The highest BCUT2D eigenvalue weighted by molar-refractivity contribution is 5.48. The first kappa shape index (κ1) is 8.28. The zero-order chi connectivity index (χ0) is 9.38. The van der Waals surface area contributed by atoms with Crippen LogP contribution in [-0.2, 0) is 6.42 Å². The van der Waals surface area contributed by atoms with E-state index in [1.165, 1.54) is 43.2 Å². The zero-order valence-electron chi connectivity index (χ0n) is 8.42. The summed E-state index contributed by atoms with van der Waals surface area (Å²) in [5.41, 5.74) is 6.31. The highest BCUT2D eigenvalue weighted by atomic mass is 14.2. The summed E-state index contributed by atoms with van der Waals surface area (Å²) in [5, 5.41) is 0. The molecule has 71 valence electrons. The standard InChI is InChI=1S/C14H15/c1-2-6-12-10-14-8-4-3-7-13(14)9-11(12)5-1/h1-2,5-6,9H,3-4,7-8,10H2. The molecule has 3 rings (SSSR count). The summed E-state index contributed by atoms with van der Waals surface area (Å²) in [6.45, 7) is 0. The van der Waals surface area contributed by atoms with Gasteiger partial charge < -0.3 is 0 Å². The molecule has 0 atom stereocenters. The van der Waals surface area contributed by atoms with Gasteiger partial charge in [0.15, 0.2) is 0 Å². The van der Waals surface area contributed by atoms with Gasteiger partial charge in [0, 0.05) is 6.42 Å². The van der Waals surface area contributed by atoms with E-state index in [1.807, 2.05) is 0 Å². The minimum atomic E-state index is 1.21. The van der Waals surface area contributed by atoms with Crippen molar-refractivity contribution in [1.29, 1.82) is 0 Å². The molecule has 1 aromatic rings.